The Bertz CT molecular complexity index is 528. The van der Waals surface area contributed by atoms with Gasteiger partial charge in [-0.05, 0) is 0 Å². The summed E-state index contributed by atoms with van der Waals surface area (Å²) in [6, 6.07) is 0. The lowest BCUT2D eigenvalue weighted by molar-refractivity contribution is -0.114. The molecule has 102 valence electrons. The maximum absolute atomic E-state index is 12.1. The van der Waals surface area contributed by atoms with E-state index in [1.807, 2.05) is 6.92 Å². The molecule has 18 heavy (non-hydrogen) atoms. The van der Waals surface area contributed by atoms with Gasteiger partial charge in [0.15, 0.2) is 0 Å². The number of rotatable bonds is 5. The Morgan fingerprint density at radius 3 is 2.67 bits per heavy atom. The third-order valence-corrected chi connectivity index (χ3v) is 5.13. The van der Waals surface area contributed by atoms with Gasteiger partial charge in [0.1, 0.15) is 0 Å². The molecule has 0 aliphatic heterocycles. The first-order valence-corrected chi connectivity index (χ1v) is 8.12. The molecule has 0 aromatic carbocycles. The number of hydrogen-bond donors (Lipinski definition) is 1. The van der Waals surface area contributed by atoms with E-state index in [0.717, 1.165) is 11.3 Å². The molecule has 0 saturated carbocycles. The minimum absolute atomic E-state index is 0.0278. The van der Waals surface area contributed by atoms with Crippen LogP contribution in [-0.2, 0) is 14.8 Å². The van der Waals surface area contributed by atoms with Crippen LogP contribution in [0.3, 0.4) is 0 Å². The van der Waals surface area contributed by atoms with Crippen molar-refractivity contribution in [2.45, 2.75) is 23.0 Å². The van der Waals surface area contributed by atoms with Crippen molar-refractivity contribution in [2.75, 3.05) is 18.9 Å². The Labute approximate surface area is 118 Å². The van der Waals surface area contributed by atoms with Crippen molar-refractivity contribution in [1.82, 2.24) is 14.5 Å². The van der Waals surface area contributed by atoms with Gasteiger partial charge >= 0.3 is 0 Å². The SMILES string of the molecule is CC(=O)Nc1nnc(S(=O)(=O)N(C)CC(C)Br)s1. The number of hydrogen-bond acceptors (Lipinski definition) is 6. The molecule has 1 amide bonds. The number of alkyl halides is 1. The summed E-state index contributed by atoms with van der Waals surface area (Å²) in [5.74, 6) is -0.322. The number of sulfonamides is 1. The molecule has 1 atom stereocenters. The normalized spacial score (nSPS) is 13.6. The predicted molar refractivity (Wildman–Crippen MR) is 72.4 cm³/mol. The standard InChI is InChI=1S/C8H13BrN4O3S2/c1-5(9)4-13(3)18(15,16)8-12-11-7(17-8)10-6(2)14/h5H,4H2,1-3H3,(H,10,11,14). The van der Waals surface area contributed by atoms with E-state index in [-0.39, 0.29) is 20.2 Å². The molecule has 0 aliphatic rings. The Kier molecular flexibility index (Phi) is 5.20. The van der Waals surface area contributed by atoms with Crippen LogP contribution in [0.4, 0.5) is 5.13 Å². The van der Waals surface area contributed by atoms with Crippen molar-refractivity contribution >= 4 is 48.3 Å². The van der Waals surface area contributed by atoms with Crippen LogP contribution in [0.15, 0.2) is 4.34 Å². The minimum atomic E-state index is -3.65. The van der Waals surface area contributed by atoms with Crippen molar-refractivity contribution in [1.29, 1.82) is 0 Å². The Morgan fingerprint density at radius 2 is 2.17 bits per heavy atom. The predicted octanol–water partition coefficient (Wildman–Crippen LogP) is 0.900. The molecule has 7 nitrogen and oxygen atoms in total. The number of amides is 1. The molecule has 1 heterocycles. The van der Waals surface area contributed by atoms with Crippen LogP contribution >= 0.6 is 27.3 Å². The second-order valence-electron chi connectivity index (χ2n) is 3.62. The lowest BCUT2D eigenvalue weighted by Crippen LogP contribution is -2.31. The molecule has 10 heteroatoms. The zero-order chi connectivity index (χ0) is 13.9. The van der Waals surface area contributed by atoms with Gasteiger partial charge in [-0.1, -0.05) is 34.2 Å². The fourth-order valence-corrected chi connectivity index (χ4v) is 4.12. The smallest absolute Gasteiger partial charge is 0.272 e. The highest BCUT2D eigenvalue weighted by Gasteiger charge is 2.26. The van der Waals surface area contributed by atoms with Gasteiger partial charge in [0.05, 0.1) is 0 Å². The van der Waals surface area contributed by atoms with Gasteiger partial charge in [-0.15, -0.1) is 10.2 Å². The van der Waals surface area contributed by atoms with E-state index in [9.17, 15) is 13.2 Å². The maximum Gasteiger partial charge on any atom is 0.272 e. The summed E-state index contributed by atoms with van der Waals surface area (Å²) >= 11 is 4.11. The zero-order valence-corrected chi connectivity index (χ0v) is 13.3. The summed E-state index contributed by atoms with van der Waals surface area (Å²) in [5.41, 5.74) is 0. The first-order valence-electron chi connectivity index (χ1n) is 4.95. The average Bonchev–Trinajstić information content (AvgIpc) is 2.64. The summed E-state index contributed by atoms with van der Waals surface area (Å²) in [6.45, 7) is 3.47. The molecule has 1 N–H and O–H groups in total. The molecule has 0 aliphatic carbocycles. The van der Waals surface area contributed by atoms with Crippen LogP contribution in [0.5, 0.6) is 0 Å². The number of nitrogens with zero attached hydrogens (tertiary/aromatic N) is 3. The fraction of sp³-hybridized carbons (Fsp3) is 0.625. The second kappa shape index (κ2) is 6.04. The van der Waals surface area contributed by atoms with Gasteiger partial charge in [-0.2, -0.15) is 4.31 Å². The van der Waals surface area contributed by atoms with Gasteiger partial charge in [-0.25, -0.2) is 8.42 Å². The first-order chi connectivity index (χ1) is 8.23. The summed E-state index contributed by atoms with van der Waals surface area (Å²) in [6.07, 6.45) is 0. The summed E-state index contributed by atoms with van der Waals surface area (Å²) < 4.78 is 25.2. The zero-order valence-electron chi connectivity index (χ0n) is 10.0. The lowest BCUT2D eigenvalue weighted by atomic mass is 10.5. The Morgan fingerprint density at radius 1 is 1.56 bits per heavy atom. The molecule has 1 aromatic heterocycles. The fourth-order valence-electron chi connectivity index (χ4n) is 1.10. The second-order valence-corrected chi connectivity index (χ2v) is 8.38. The van der Waals surface area contributed by atoms with E-state index in [1.54, 1.807) is 0 Å². The molecule has 0 bridgehead atoms. The maximum atomic E-state index is 12.1. The number of carbonyl (C=O) groups is 1. The van der Waals surface area contributed by atoms with Crippen LogP contribution in [-0.4, -0.2) is 47.2 Å². The van der Waals surface area contributed by atoms with Crippen LogP contribution in [0.25, 0.3) is 0 Å². The highest BCUT2D eigenvalue weighted by Crippen LogP contribution is 2.22. The van der Waals surface area contributed by atoms with E-state index < -0.39 is 10.0 Å². The largest absolute Gasteiger partial charge is 0.301 e. The number of carbonyl (C=O) groups excluding carboxylic acids is 1. The average molecular weight is 357 g/mol. The molecule has 1 rings (SSSR count). The Hall–Kier alpha value is -0.580. The van der Waals surface area contributed by atoms with Gasteiger partial charge in [0.25, 0.3) is 10.0 Å². The van der Waals surface area contributed by atoms with Gasteiger partial charge < -0.3 is 5.32 Å². The van der Waals surface area contributed by atoms with E-state index in [0.29, 0.717) is 6.54 Å². The van der Waals surface area contributed by atoms with Crippen LogP contribution < -0.4 is 5.32 Å². The molecular formula is C8H13BrN4O3S2. The van der Waals surface area contributed by atoms with Gasteiger partial charge in [0.2, 0.25) is 15.4 Å². The van der Waals surface area contributed by atoms with Gasteiger partial charge in [0, 0.05) is 25.3 Å². The third kappa shape index (κ3) is 3.97. The molecule has 0 radical (unpaired) electrons. The molecule has 1 aromatic rings. The van der Waals surface area contributed by atoms with Crippen molar-refractivity contribution < 1.29 is 13.2 Å². The molecular weight excluding hydrogens is 344 g/mol. The lowest BCUT2D eigenvalue weighted by Gasteiger charge is -2.15. The van der Waals surface area contributed by atoms with E-state index in [2.05, 4.69) is 31.4 Å². The topological polar surface area (TPSA) is 92.3 Å². The summed E-state index contributed by atoms with van der Waals surface area (Å²) in [4.78, 5) is 10.8. The monoisotopic (exact) mass is 356 g/mol. The van der Waals surface area contributed by atoms with Crippen molar-refractivity contribution in [3.8, 4) is 0 Å². The first kappa shape index (κ1) is 15.5. The van der Waals surface area contributed by atoms with Gasteiger partial charge in [-0.3, -0.25) is 4.79 Å². The highest BCUT2D eigenvalue weighted by molar-refractivity contribution is 9.09. The van der Waals surface area contributed by atoms with E-state index >= 15 is 0 Å². The van der Waals surface area contributed by atoms with Crippen molar-refractivity contribution in [3.63, 3.8) is 0 Å². The Balaban J connectivity index is 2.91. The van der Waals surface area contributed by atoms with Crippen molar-refractivity contribution in [3.05, 3.63) is 0 Å². The third-order valence-electron chi connectivity index (χ3n) is 1.83. The minimum Gasteiger partial charge on any atom is -0.301 e. The molecule has 1 unspecified atom stereocenters. The van der Waals surface area contributed by atoms with E-state index in [4.69, 9.17) is 0 Å². The van der Waals surface area contributed by atoms with Crippen molar-refractivity contribution in [2.24, 2.45) is 0 Å². The number of halogens is 1. The number of nitrogens with one attached hydrogen (secondary N) is 1. The summed E-state index contributed by atoms with van der Waals surface area (Å²) in [7, 11) is -2.19. The summed E-state index contributed by atoms with van der Waals surface area (Å²) in [5, 5.41) is 9.74. The number of anilines is 1. The van der Waals surface area contributed by atoms with Crippen LogP contribution in [0, 0.1) is 0 Å². The quantitative estimate of drug-likeness (QED) is 0.624. The van der Waals surface area contributed by atoms with Crippen LogP contribution in [0.1, 0.15) is 13.8 Å². The highest BCUT2D eigenvalue weighted by atomic mass is 79.9. The molecule has 0 spiro atoms. The molecule has 0 saturated heterocycles. The number of aromatic nitrogens is 2. The van der Waals surface area contributed by atoms with Crippen LogP contribution in [0.2, 0.25) is 0 Å². The molecule has 0 fully saturated rings. The van der Waals surface area contributed by atoms with E-state index in [1.165, 1.54) is 18.3 Å².